The van der Waals surface area contributed by atoms with Crippen LogP contribution in [-0.4, -0.2) is 33.6 Å². The van der Waals surface area contributed by atoms with E-state index in [2.05, 4.69) is 30.1 Å². The molecule has 1 atom stereocenters. The summed E-state index contributed by atoms with van der Waals surface area (Å²) in [5, 5.41) is 22.2. The Balaban J connectivity index is 1.78. The molecular weight excluding hydrogens is 418 g/mol. The zero-order valence-corrected chi connectivity index (χ0v) is 19.0. The van der Waals surface area contributed by atoms with E-state index in [1.54, 1.807) is 24.3 Å². The van der Waals surface area contributed by atoms with Crippen molar-refractivity contribution in [2.75, 3.05) is 23.3 Å². The van der Waals surface area contributed by atoms with Crippen LogP contribution in [0.5, 0.6) is 0 Å². The van der Waals surface area contributed by atoms with Crippen LogP contribution in [0.15, 0.2) is 47.4 Å². The summed E-state index contributed by atoms with van der Waals surface area (Å²) in [5.74, 6) is -0.412. The van der Waals surface area contributed by atoms with Crippen LogP contribution in [-0.2, 0) is 0 Å². The lowest BCUT2D eigenvalue weighted by Crippen LogP contribution is -2.38. The van der Waals surface area contributed by atoms with E-state index < -0.39 is 12.0 Å². The first-order valence-electron chi connectivity index (χ1n) is 11.0. The molecule has 33 heavy (non-hydrogen) atoms. The van der Waals surface area contributed by atoms with Gasteiger partial charge in [-0.25, -0.2) is 9.78 Å². The molecule has 4 rings (SSSR count). The first-order chi connectivity index (χ1) is 15.7. The quantitative estimate of drug-likeness (QED) is 0.609. The largest absolute Gasteiger partial charge is 0.478 e. The Bertz CT molecular complexity index is 1310. The minimum Gasteiger partial charge on any atom is -0.478 e. The van der Waals surface area contributed by atoms with Gasteiger partial charge >= 0.3 is 5.97 Å². The normalized spacial score (nSPS) is 16.2. The van der Waals surface area contributed by atoms with Crippen molar-refractivity contribution in [1.82, 2.24) is 9.38 Å². The average molecular weight is 446 g/mol. The summed E-state index contributed by atoms with van der Waals surface area (Å²) in [4.78, 5) is 31.6. The minimum absolute atomic E-state index is 0.145. The highest BCUT2D eigenvalue weighted by Gasteiger charge is 2.27. The van der Waals surface area contributed by atoms with Crippen molar-refractivity contribution in [2.24, 2.45) is 5.41 Å². The molecule has 2 aromatic heterocycles. The number of fused-ring (bicyclic) bond motifs is 1. The maximum atomic E-state index is 13.0. The van der Waals surface area contributed by atoms with Crippen LogP contribution in [0.1, 0.15) is 61.1 Å². The molecule has 1 aliphatic rings. The van der Waals surface area contributed by atoms with Gasteiger partial charge < -0.3 is 15.3 Å². The summed E-state index contributed by atoms with van der Waals surface area (Å²) in [7, 11) is 0. The van der Waals surface area contributed by atoms with Crippen molar-refractivity contribution in [1.29, 1.82) is 5.26 Å². The molecule has 8 nitrogen and oxygen atoms in total. The van der Waals surface area contributed by atoms with Crippen LogP contribution in [0.25, 0.3) is 5.65 Å². The van der Waals surface area contributed by atoms with Gasteiger partial charge in [0.25, 0.3) is 5.56 Å². The van der Waals surface area contributed by atoms with E-state index in [1.807, 2.05) is 6.92 Å². The second-order valence-electron chi connectivity index (χ2n) is 9.31. The first kappa shape index (κ1) is 22.3. The molecule has 0 aliphatic carbocycles. The number of aromatic nitrogens is 2. The van der Waals surface area contributed by atoms with E-state index in [-0.39, 0.29) is 16.5 Å². The second kappa shape index (κ2) is 8.58. The molecule has 3 aromatic rings. The van der Waals surface area contributed by atoms with Crippen LogP contribution in [0.3, 0.4) is 0 Å². The van der Waals surface area contributed by atoms with E-state index in [0.29, 0.717) is 28.3 Å². The number of benzene rings is 1. The number of nitriles is 1. The second-order valence-corrected chi connectivity index (χ2v) is 9.31. The van der Waals surface area contributed by atoms with Crippen LogP contribution >= 0.6 is 0 Å². The van der Waals surface area contributed by atoms with Gasteiger partial charge in [-0.2, -0.15) is 5.26 Å². The van der Waals surface area contributed by atoms with Crippen LogP contribution < -0.4 is 15.8 Å². The Kier molecular flexibility index (Phi) is 5.81. The third kappa shape index (κ3) is 4.53. The standard InChI is InChI=1S/C25H27N5O3/c1-16(27-20-7-5-4-6-18(20)24(32)33)19-12-17(14-26)15-30-22(31)13-21(28-23(19)30)29-10-8-25(2,3)9-11-29/h4-7,12-13,15-16,27H,8-11H2,1-3H3,(H,32,33)/t16-/m1/s1. The molecule has 0 radical (unpaired) electrons. The van der Waals surface area contributed by atoms with E-state index in [1.165, 1.54) is 22.7 Å². The first-order valence-corrected chi connectivity index (χ1v) is 11.0. The highest BCUT2D eigenvalue weighted by molar-refractivity contribution is 5.94. The number of carboxylic acid groups (broad SMARTS) is 1. The number of carboxylic acids is 1. The maximum Gasteiger partial charge on any atom is 0.337 e. The highest BCUT2D eigenvalue weighted by atomic mass is 16.4. The molecule has 0 bridgehead atoms. The SMILES string of the molecule is C[C@@H](Nc1ccccc1C(=O)O)c1cc(C#N)cn2c(=O)cc(N3CCC(C)(C)CC3)nc12. The zero-order valence-electron chi connectivity index (χ0n) is 19.0. The van der Waals surface area contributed by atoms with Gasteiger partial charge in [-0.15, -0.1) is 0 Å². The lowest BCUT2D eigenvalue weighted by Gasteiger charge is -2.37. The molecule has 1 saturated heterocycles. The van der Waals surface area contributed by atoms with Crippen molar-refractivity contribution < 1.29 is 9.90 Å². The molecule has 3 heterocycles. The Morgan fingerprint density at radius 2 is 1.94 bits per heavy atom. The van der Waals surface area contributed by atoms with Gasteiger partial charge in [0.15, 0.2) is 0 Å². The Morgan fingerprint density at radius 3 is 2.61 bits per heavy atom. The molecule has 0 unspecified atom stereocenters. The molecule has 1 aromatic carbocycles. The molecule has 1 fully saturated rings. The van der Waals surface area contributed by atoms with Crippen LogP contribution in [0.4, 0.5) is 11.5 Å². The number of aromatic carboxylic acids is 1. The van der Waals surface area contributed by atoms with Gasteiger partial charge in [-0.05, 0) is 43.4 Å². The summed E-state index contributed by atoms with van der Waals surface area (Å²) in [5.41, 5.74) is 2.04. The Labute approximate surface area is 192 Å². The Hall–Kier alpha value is -3.86. The summed E-state index contributed by atoms with van der Waals surface area (Å²) in [6, 6.07) is 11.6. The molecule has 0 spiro atoms. The van der Waals surface area contributed by atoms with Gasteiger partial charge in [0.1, 0.15) is 17.5 Å². The predicted octanol–water partition coefficient (Wildman–Crippen LogP) is 4.06. The van der Waals surface area contributed by atoms with Gasteiger partial charge in [0.05, 0.1) is 17.2 Å². The van der Waals surface area contributed by atoms with Crippen LogP contribution in [0.2, 0.25) is 0 Å². The number of nitrogens with zero attached hydrogens (tertiary/aromatic N) is 4. The fourth-order valence-corrected chi connectivity index (χ4v) is 4.21. The number of hydrogen-bond donors (Lipinski definition) is 2. The summed E-state index contributed by atoms with van der Waals surface area (Å²) in [6.45, 7) is 7.99. The molecular formula is C25H27N5O3. The van der Waals surface area contributed by atoms with Gasteiger partial charge in [0, 0.05) is 36.6 Å². The average Bonchev–Trinajstić information content (AvgIpc) is 2.78. The number of pyridine rings is 1. The molecule has 1 aliphatic heterocycles. The van der Waals surface area contributed by atoms with Crippen molar-refractivity contribution in [3.8, 4) is 6.07 Å². The number of piperidine rings is 1. The number of nitrogens with one attached hydrogen (secondary N) is 1. The van der Waals surface area contributed by atoms with Crippen molar-refractivity contribution >= 4 is 23.1 Å². The molecule has 0 saturated carbocycles. The Morgan fingerprint density at radius 1 is 1.24 bits per heavy atom. The van der Waals surface area contributed by atoms with Gasteiger partial charge in [-0.1, -0.05) is 26.0 Å². The lowest BCUT2D eigenvalue weighted by atomic mass is 9.83. The van der Waals surface area contributed by atoms with Crippen molar-refractivity contribution in [3.63, 3.8) is 0 Å². The smallest absolute Gasteiger partial charge is 0.337 e. The molecule has 0 amide bonds. The fourth-order valence-electron chi connectivity index (χ4n) is 4.21. The third-order valence-electron chi connectivity index (χ3n) is 6.34. The predicted molar refractivity (Wildman–Crippen MR) is 127 cm³/mol. The van der Waals surface area contributed by atoms with Crippen molar-refractivity contribution in [2.45, 2.75) is 39.7 Å². The monoisotopic (exact) mass is 445 g/mol. The number of carbonyl (C=O) groups is 1. The number of anilines is 2. The highest BCUT2D eigenvalue weighted by Crippen LogP contribution is 2.32. The van der Waals surface area contributed by atoms with E-state index in [4.69, 9.17) is 4.98 Å². The summed E-state index contributed by atoms with van der Waals surface area (Å²) in [6.07, 6.45) is 3.52. The number of para-hydroxylation sites is 1. The zero-order chi connectivity index (χ0) is 23.8. The maximum absolute atomic E-state index is 13.0. The molecule has 8 heteroatoms. The minimum atomic E-state index is -1.04. The number of hydrogen-bond acceptors (Lipinski definition) is 6. The van der Waals surface area contributed by atoms with E-state index in [9.17, 15) is 20.0 Å². The van der Waals surface area contributed by atoms with Crippen LogP contribution in [0, 0.1) is 16.7 Å². The third-order valence-corrected chi connectivity index (χ3v) is 6.34. The van der Waals surface area contributed by atoms with E-state index >= 15 is 0 Å². The molecule has 2 N–H and O–H groups in total. The number of rotatable bonds is 5. The topological polar surface area (TPSA) is 111 Å². The summed E-state index contributed by atoms with van der Waals surface area (Å²) >= 11 is 0. The van der Waals surface area contributed by atoms with E-state index in [0.717, 1.165) is 25.9 Å². The lowest BCUT2D eigenvalue weighted by molar-refractivity contribution is 0.0698. The van der Waals surface area contributed by atoms with Gasteiger partial charge in [-0.3, -0.25) is 9.20 Å². The molecule has 170 valence electrons. The van der Waals surface area contributed by atoms with Crippen molar-refractivity contribution in [3.05, 3.63) is 69.6 Å². The van der Waals surface area contributed by atoms with Gasteiger partial charge in [0.2, 0.25) is 0 Å². The fraction of sp³-hybridized carbons (Fsp3) is 0.360. The summed E-state index contributed by atoms with van der Waals surface area (Å²) < 4.78 is 1.40.